The number of hydrogen-bond acceptors (Lipinski definition) is 8. The summed E-state index contributed by atoms with van der Waals surface area (Å²) in [4.78, 5) is 32.5. The van der Waals surface area contributed by atoms with Crippen molar-refractivity contribution in [1.82, 2.24) is 4.57 Å². The zero-order chi connectivity index (χ0) is 33.1. The van der Waals surface area contributed by atoms with Gasteiger partial charge in [0.05, 0.1) is 45.2 Å². The van der Waals surface area contributed by atoms with Crippen LogP contribution in [0, 0.1) is 3.57 Å². The minimum absolute atomic E-state index is 0.0691. The Morgan fingerprint density at radius 2 is 1.85 bits per heavy atom. The molecular formula is C34H31Cl2IN2O6S. The summed E-state index contributed by atoms with van der Waals surface area (Å²) in [5.41, 5.74) is 2.78. The Balaban J connectivity index is 1.54. The van der Waals surface area contributed by atoms with Gasteiger partial charge in [-0.1, -0.05) is 52.7 Å². The van der Waals surface area contributed by atoms with Gasteiger partial charge >= 0.3 is 5.97 Å². The monoisotopic (exact) mass is 792 g/mol. The van der Waals surface area contributed by atoms with Gasteiger partial charge in [-0.25, -0.2) is 9.79 Å². The summed E-state index contributed by atoms with van der Waals surface area (Å²) in [5, 5.41) is 1.10. The van der Waals surface area contributed by atoms with Crippen LogP contribution in [0.4, 0.5) is 0 Å². The van der Waals surface area contributed by atoms with Crippen molar-refractivity contribution < 1.29 is 23.7 Å². The number of fused-ring (bicyclic) bond motifs is 1. The molecule has 0 fully saturated rings. The van der Waals surface area contributed by atoms with E-state index in [2.05, 4.69) is 27.6 Å². The summed E-state index contributed by atoms with van der Waals surface area (Å²) in [5.74, 6) is 1.19. The molecule has 1 aliphatic heterocycles. The SMILES string of the molecule is CCOC(=O)C1=C(C)N=c2s/c(=C\c3ccc(OCc4ccc(Cl)cc4Cl)c(I)c3)c(=O)n2[C@H]1c1ccc(OC(C)C)c(OC)c1. The predicted molar refractivity (Wildman–Crippen MR) is 189 cm³/mol. The molecule has 5 rings (SSSR count). The quantitative estimate of drug-likeness (QED) is 0.126. The van der Waals surface area contributed by atoms with Gasteiger partial charge in [-0.2, -0.15) is 0 Å². The molecule has 0 aliphatic carbocycles. The van der Waals surface area contributed by atoms with Gasteiger partial charge in [-0.05, 0) is 104 Å². The minimum Gasteiger partial charge on any atom is -0.493 e. The summed E-state index contributed by atoms with van der Waals surface area (Å²) < 4.78 is 25.8. The second-order valence-electron chi connectivity index (χ2n) is 10.6. The molecule has 3 aromatic carbocycles. The second-order valence-corrected chi connectivity index (χ2v) is 13.6. The molecule has 0 unspecified atom stereocenters. The number of hydrogen-bond donors (Lipinski definition) is 0. The number of benzene rings is 3. The zero-order valence-electron chi connectivity index (χ0n) is 25.7. The normalized spacial score (nSPS) is 14.6. The first kappa shape index (κ1) is 34.0. The summed E-state index contributed by atoms with van der Waals surface area (Å²) in [6.45, 7) is 7.81. The number of ether oxygens (including phenoxy) is 4. The van der Waals surface area contributed by atoms with Crippen LogP contribution < -0.4 is 29.1 Å². The number of rotatable bonds is 10. The van der Waals surface area contributed by atoms with Crippen LogP contribution in [0.3, 0.4) is 0 Å². The molecule has 1 aromatic heterocycles. The Kier molecular flexibility index (Phi) is 10.8. The number of halogens is 3. The lowest BCUT2D eigenvalue weighted by molar-refractivity contribution is -0.139. The highest BCUT2D eigenvalue weighted by atomic mass is 127. The molecule has 2 heterocycles. The molecule has 240 valence electrons. The Labute approximate surface area is 294 Å². The smallest absolute Gasteiger partial charge is 0.338 e. The van der Waals surface area contributed by atoms with Crippen LogP contribution in [0.1, 0.15) is 50.4 Å². The van der Waals surface area contributed by atoms with Crippen molar-refractivity contribution in [3.8, 4) is 17.2 Å². The van der Waals surface area contributed by atoms with Crippen LogP contribution in [-0.2, 0) is 16.1 Å². The van der Waals surface area contributed by atoms with Crippen LogP contribution in [0.15, 0.2) is 75.7 Å². The van der Waals surface area contributed by atoms with E-state index in [1.165, 1.54) is 11.3 Å². The number of methoxy groups -OCH3 is 1. The molecule has 0 saturated carbocycles. The summed E-state index contributed by atoms with van der Waals surface area (Å²) in [6, 6.07) is 15.6. The molecule has 0 amide bonds. The van der Waals surface area contributed by atoms with Gasteiger partial charge in [0.15, 0.2) is 16.3 Å². The van der Waals surface area contributed by atoms with E-state index < -0.39 is 12.0 Å². The molecule has 0 N–H and O–H groups in total. The first-order valence-electron chi connectivity index (χ1n) is 14.4. The molecule has 1 atom stereocenters. The minimum atomic E-state index is -0.782. The summed E-state index contributed by atoms with van der Waals surface area (Å²) in [6.07, 6.45) is 1.74. The van der Waals surface area contributed by atoms with Gasteiger partial charge in [0, 0.05) is 15.6 Å². The lowest BCUT2D eigenvalue weighted by atomic mass is 9.95. The molecule has 8 nitrogen and oxygen atoms in total. The summed E-state index contributed by atoms with van der Waals surface area (Å²) in [7, 11) is 1.55. The van der Waals surface area contributed by atoms with E-state index in [0.29, 0.717) is 47.9 Å². The molecule has 0 saturated heterocycles. The van der Waals surface area contributed by atoms with Crippen LogP contribution in [0.2, 0.25) is 10.0 Å². The highest BCUT2D eigenvalue weighted by Gasteiger charge is 2.34. The van der Waals surface area contributed by atoms with Crippen molar-refractivity contribution >= 4 is 69.2 Å². The fraction of sp³-hybridized carbons (Fsp3) is 0.265. The fourth-order valence-corrected chi connectivity index (χ4v) is 7.19. The largest absolute Gasteiger partial charge is 0.493 e. The Hall–Kier alpha value is -3.32. The highest BCUT2D eigenvalue weighted by molar-refractivity contribution is 14.1. The van der Waals surface area contributed by atoms with E-state index in [1.807, 2.05) is 50.3 Å². The van der Waals surface area contributed by atoms with E-state index in [-0.39, 0.29) is 30.5 Å². The Bertz CT molecular complexity index is 2020. The van der Waals surface area contributed by atoms with Gasteiger partial charge in [0.1, 0.15) is 12.4 Å². The van der Waals surface area contributed by atoms with Gasteiger partial charge < -0.3 is 18.9 Å². The van der Waals surface area contributed by atoms with Crippen molar-refractivity contribution in [3.05, 3.63) is 116 Å². The fourth-order valence-electron chi connectivity index (χ4n) is 4.98. The van der Waals surface area contributed by atoms with Gasteiger partial charge in [-0.15, -0.1) is 0 Å². The maximum atomic E-state index is 14.1. The van der Waals surface area contributed by atoms with Crippen LogP contribution >= 0.6 is 57.1 Å². The average molecular weight is 794 g/mol. The average Bonchev–Trinajstić information content (AvgIpc) is 3.30. The number of esters is 1. The van der Waals surface area contributed by atoms with Crippen molar-refractivity contribution in [1.29, 1.82) is 0 Å². The molecule has 0 radical (unpaired) electrons. The van der Waals surface area contributed by atoms with Gasteiger partial charge in [0.25, 0.3) is 5.56 Å². The van der Waals surface area contributed by atoms with E-state index in [0.717, 1.165) is 14.7 Å². The van der Waals surface area contributed by atoms with Crippen LogP contribution in [0.5, 0.6) is 17.2 Å². The number of allylic oxidation sites excluding steroid dienone is 1. The maximum Gasteiger partial charge on any atom is 0.338 e. The van der Waals surface area contributed by atoms with E-state index >= 15 is 0 Å². The van der Waals surface area contributed by atoms with Crippen molar-refractivity contribution in [2.45, 2.75) is 46.4 Å². The Morgan fingerprint density at radius 3 is 2.52 bits per heavy atom. The first-order chi connectivity index (χ1) is 22.0. The summed E-state index contributed by atoms with van der Waals surface area (Å²) >= 11 is 15.8. The third-order valence-corrected chi connectivity index (χ3v) is 9.45. The van der Waals surface area contributed by atoms with E-state index in [1.54, 1.807) is 49.8 Å². The van der Waals surface area contributed by atoms with Crippen LogP contribution in [0.25, 0.3) is 6.08 Å². The lowest BCUT2D eigenvalue weighted by Gasteiger charge is -2.25. The number of carbonyl (C=O) groups is 1. The van der Waals surface area contributed by atoms with E-state index in [4.69, 9.17) is 42.1 Å². The van der Waals surface area contributed by atoms with Crippen molar-refractivity contribution in [2.24, 2.45) is 4.99 Å². The predicted octanol–water partition coefficient (Wildman–Crippen LogP) is 7.08. The third kappa shape index (κ3) is 7.30. The van der Waals surface area contributed by atoms with Gasteiger partial charge in [-0.3, -0.25) is 9.36 Å². The second kappa shape index (κ2) is 14.6. The number of aromatic nitrogens is 1. The van der Waals surface area contributed by atoms with Crippen molar-refractivity contribution in [3.63, 3.8) is 0 Å². The molecule has 4 aromatic rings. The maximum absolute atomic E-state index is 14.1. The van der Waals surface area contributed by atoms with Crippen LogP contribution in [-0.4, -0.2) is 30.4 Å². The van der Waals surface area contributed by atoms with E-state index in [9.17, 15) is 9.59 Å². The van der Waals surface area contributed by atoms with Gasteiger partial charge in [0.2, 0.25) is 0 Å². The highest BCUT2D eigenvalue weighted by Crippen LogP contribution is 2.36. The molecule has 1 aliphatic rings. The lowest BCUT2D eigenvalue weighted by Crippen LogP contribution is -2.40. The Morgan fingerprint density at radius 1 is 1.09 bits per heavy atom. The zero-order valence-corrected chi connectivity index (χ0v) is 30.2. The number of nitrogens with zero attached hydrogens (tertiary/aromatic N) is 2. The molecule has 12 heteroatoms. The molecule has 0 bridgehead atoms. The number of carbonyl (C=O) groups excluding carboxylic acids is 1. The molecule has 0 spiro atoms. The molecular weight excluding hydrogens is 762 g/mol. The molecule has 46 heavy (non-hydrogen) atoms. The number of thiazole rings is 1. The first-order valence-corrected chi connectivity index (χ1v) is 17.1. The third-order valence-electron chi connectivity index (χ3n) is 7.04. The standard InChI is InChI=1S/C34H31Cl2IN2O6S/c1-6-43-33(41)30-19(4)38-34-39(31(30)21-9-12-27(45-18(2)3)28(15-21)42-5)32(40)29(46-34)14-20-7-11-26(25(37)13-20)44-17-22-8-10-23(35)16-24(22)36/h7-16,18,31H,6,17H2,1-5H3/b29-14-/t31-/m0/s1. The topological polar surface area (TPSA) is 88.4 Å². The van der Waals surface area contributed by atoms with Crippen molar-refractivity contribution in [2.75, 3.05) is 13.7 Å².